The third kappa shape index (κ3) is 3.57. The molecular weight excluding hydrogens is 340 g/mol. The first-order valence-electron chi connectivity index (χ1n) is 9.50. The van der Waals surface area contributed by atoms with Gasteiger partial charge in [-0.25, -0.2) is 4.98 Å². The second-order valence-electron chi connectivity index (χ2n) is 7.03. The van der Waals surface area contributed by atoms with Crippen molar-refractivity contribution in [3.8, 4) is 0 Å². The molecule has 1 fully saturated rings. The first-order chi connectivity index (χ1) is 13.2. The average molecular weight is 364 g/mol. The number of aromatic nitrogens is 1. The predicted octanol–water partition coefficient (Wildman–Crippen LogP) is 2.00. The van der Waals surface area contributed by atoms with Gasteiger partial charge in [0, 0.05) is 50.2 Å². The molecule has 0 unspecified atom stereocenters. The minimum Gasteiger partial charge on any atom is -0.354 e. The van der Waals surface area contributed by atoms with Gasteiger partial charge in [0.1, 0.15) is 5.82 Å². The van der Waals surface area contributed by atoms with Crippen LogP contribution in [0, 0.1) is 0 Å². The van der Waals surface area contributed by atoms with Gasteiger partial charge >= 0.3 is 0 Å². The van der Waals surface area contributed by atoms with E-state index in [0.29, 0.717) is 25.1 Å². The van der Waals surface area contributed by atoms with Crippen LogP contribution in [0.2, 0.25) is 0 Å². The van der Waals surface area contributed by atoms with Crippen molar-refractivity contribution in [2.75, 3.05) is 49.1 Å². The molecule has 6 heteroatoms. The van der Waals surface area contributed by atoms with Crippen LogP contribution in [-0.4, -0.2) is 60.8 Å². The molecule has 1 saturated heterocycles. The van der Waals surface area contributed by atoms with Crippen LogP contribution < -0.4 is 9.80 Å². The molecule has 140 valence electrons. The molecule has 2 aliphatic rings. The Labute approximate surface area is 159 Å². The Morgan fingerprint density at radius 3 is 2.63 bits per heavy atom. The number of carbonyl (C=O) groups excluding carboxylic acids is 2. The molecule has 6 nitrogen and oxygen atoms in total. The highest BCUT2D eigenvalue weighted by atomic mass is 16.2. The van der Waals surface area contributed by atoms with Crippen LogP contribution in [-0.2, 0) is 11.2 Å². The number of piperazine rings is 1. The molecular formula is C21H24N4O2. The minimum atomic E-state index is 0.114. The van der Waals surface area contributed by atoms with Gasteiger partial charge in [0.2, 0.25) is 5.91 Å². The van der Waals surface area contributed by atoms with E-state index in [4.69, 9.17) is 0 Å². The number of hydrogen-bond acceptors (Lipinski definition) is 5. The van der Waals surface area contributed by atoms with Crippen LogP contribution in [0.1, 0.15) is 22.8 Å². The summed E-state index contributed by atoms with van der Waals surface area (Å²) in [5.74, 6) is 1.22. The molecule has 2 aromatic rings. The van der Waals surface area contributed by atoms with Crippen molar-refractivity contribution in [2.45, 2.75) is 13.3 Å². The summed E-state index contributed by atoms with van der Waals surface area (Å²) in [6.45, 7) is 6.48. The fraction of sp³-hybridized carbons (Fsp3) is 0.381. The monoisotopic (exact) mass is 364 g/mol. The first-order valence-corrected chi connectivity index (χ1v) is 9.50. The number of ketones is 1. The number of fused-ring (bicyclic) bond motifs is 1. The molecule has 2 aliphatic heterocycles. The normalized spacial score (nSPS) is 17.3. The molecule has 0 radical (unpaired) electrons. The zero-order valence-corrected chi connectivity index (χ0v) is 15.6. The second-order valence-corrected chi connectivity index (χ2v) is 7.03. The fourth-order valence-corrected chi connectivity index (χ4v) is 3.87. The van der Waals surface area contributed by atoms with E-state index in [1.54, 1.807) is 4.90 Å². The summed E-state index contributed by atoms with van der Waals surface area (Å²) in [6, 6.07) is 11.6. The van der Waals surface area contributed by atoms with Crippen molar-refractivity contribution in [1.29, 1.82) is 0 Å². The van der Waals surface area contributed by atoms with E-state index >= 15 is 0 Å². The number of hydrogen-bond donors (Lipinski definition) is 0. The summed E-state index contributed by atoms with van der Waals surface area (Å²) in [5.41, 5.74) is 2.61. The Kier molecular flexibility index (Phi) is 4.90. The maximum absolute atomic E-state index is 12.7. The van der Waals surface area contributed by atoms with Crippen LogP contribution in [0.4, 0.5) is 11.5 Å². The number of likely N-dealkylation sites (N-methyl/N-ethyl adjacent to an activating group) is 1. The van der Waals surface area contributed by atoms with Crippen molar-refractivity contribution in [3.63, 3.8) is 0 Å². The lowest BCUT2D eigenvalue weighted by Gasteiger charge is -2.35. The van der Waals surface area contributed by atoms with E-state index in [1.165, 1.54) is 0 Å². The molecule has 0 atom stereocenters. The molecule has 27 heavy (non-hydrogen) atoms. The number of anilines is 2. The molecule has 0 bridgehead atoms. The number of pyridine rings is 1. The lowest BCUT2D eigenvalue weighted by Crippen LogP contribution is -2.48. The standard InChI is InChI=1S/C21H24N4O2/c1-2-25-18-7-6-16(13-17(18)14-21(25)27)19(26)15-23-9-11-24(12-10-23)20-5-3-4-8-22-20/h3-8,13H,2,9-12,14-15H2,1H3. The van der Waals surface area contributed by atoms with Crippen LogP contribution in [0.3, 0.4) is 0 Å². The highest BCUT2D eigenvalue weighted by molar-refractivity contribution is 6.04. The molecule has 0 saturated carbocycles. The van der Waals surface area contributed by atoms with Gasteiger partial charge < -0.3 is 9.80 Å². The molecule has 0 spiro atoms. The maximum Gasteiger partial charge on any atom is 0.231 e. The van der Waals surface area contributed by atoms with E-state index in [2.05, 4.69) is 14.8 Å². The summed E-state index contributed by atoms with van der Waals surface area (Å²) in [7, 11) is 0. The topological polar surface area (TPSA) is 56.8 Å². The zero-order valence-electron chi connectivity index (χ0n) is 15.6. The highest BCUT2D eigenvalue weighted by Gasteiger charge is 2.27. The SMILES string of the molecule is CCN1C(=O)Cc2cc(C(=O)CN3CCN(c4ccccn4)CC3)ccc21. The van der Waals surface area contributed by atoms with Crippen molar-refractivity contribution < 1.29 is 9.59 Å². The number of Topliss-reactive ketones (excluding diaryl/α,β-unsaturated/α-hetero) is 1. The number of amides is 1. The van der Waals surface area contributed by atoms with E-state index < -0.39 is 0 Å². The number of nitrogens with zero attached hydrogens (tertiary/aromatic N) is 4. The molecule has 1 aromatic heterocycles. The van der Waals surface area contributed by atoms with Gasteiger partial charge in [0.15, 0.2) is 5.78 Å². The fourth-order valence-electron chi connectivity index (χ4n) is 3.87. The van der Waals surface area contributed by atoms with Crippen LogP contribution in [0.5, 0.6) is 0 Å². The van der Waals surface area contributed by atoms with Crippen molar-refractivity contribution >= 4 is 23.2 Å². The quantitative estimate of drug-likeness (QED) is 0.760. The molecule has 3 heterocycles. The Morgan fingerprint density at radius 1 is 1.11 bits per heavy atom. The lowest BCUT2D eigenvalue weighted by molar-refractivity contribution is -0.117. The summed E-state index contributed by atoms with van der Waals surface area (Å²) in [4.78, 5) is 35.4. The molecule has 0 N–H and O–H groups in total. The van der Waals surface area contributed by atoms with Gasteiger partial charge in [-0.05, 0) is 42.8 Å². The smallest absolute Gasteiger partial charge is 0.231 e. The summed E-state index contributed by atoms with van der Waals surface area (Å²) in [5, 5.41) is 0. The Balaban J connectivity index is 1.37. The minimum absolute atomic E-state index is 0.114. The molecule has 4 rings (SSSR count). The lowest BCUT2D eigenvalue weighted by atomic mass is 10.0. The number of rotatable bonds is 5. The van der Waals surface area contributed by atoms with Gasteiger partial charge in [0.25, 0.3) is 0 Å². The van der Waals surface area contributed by atoms with E-state index in [-0.39, 0.29) is 11.7 Å². The van der Waals surface area contributed by atoms with Gasteiger partial charge in [-0.2, -0.15) is 0 Å². The van der Waals surface area contributed by atoms with Gasteiger partial charge in [-0.3, -0.25) is 14.5 Å². The highest BCUT2D eigenvalue weighted by Crippen LogP contribution is 2.29. The van der Waals surface area contributed by atoms with Crippen LogP contribution in [0.15, 0.2) is 42.6 Å². The maximum atomic E-state index is 12.7. The molecule has 1 aromatic carbocycles. The van der Waals surface area contributed by atoms with Gasteiger partial charge in [-0.15, -0.1) is 0 Å². The number of carbonyl (C=O) groups is 2. The van der Waals surface area contributed by atoms with Crippen molar-refractivity contribution in [3.05, 3.63) is 53.7 Å². The second kappa shape index (κ2) is 7.48. The average Bonchev–Trinajstić information content (AvgIpc) is 3.03. The van der Waals surface area contributed by atoms with E-state index in [1.807, 2.05) is 49.5 Å². The van der Waals surface area contributed by atoms with Gasteiger partial charge in [-0.1, -0.05) is 6.07 Å². The predicted molar refractivity (Wildman–Crippen MR) is 105 cm³/mol. The van der Waals surface area contributed by atoms with E-state index in [0.717, 1.165) is 43.2 Å². The largest absolute Gasteiger partial charge is 0.354 e. The third-order valence-electron chi connectivity index (χ3n) is 5.36. The van der Waals surface area contributed by atoms with Crippen LogP contribution >= 0.6 is 0 Å². The molecule has 1 amide bonds. The summed E-state index contributed by atoms with van der Waals surface area (Å²) >= 11 is 0. The first kappa shape index (κ1) is 17.7. The summed E-state index contributed by atoms with van der Waals surface area (Å²) < 4.78 is 0. The Hall–Kier alpha value is -2.73. The number of benzene rings is 1. The summed E-state index contributed by atoms with van der Waals surface area (Å²) in [6.07, 6.45) is 2.20. The van der Waals surface area contributed by atoms with Crippen LogP contribution in [0.25, 0.3) is 0 Å². The van der Waals surface area contributed by atoms with Gasteiger partial charge in [0.05, 0.1) is 13.0 Å². The van der Waals surface area contributed by atoms with E-state index in [9.17, 15) is 9.59 Å². The Bertz CT molecular complexity index is 845. The van der Waals surface area contributed by atoms with Crippen molar-refractivity contribution in [1.82, 2.24) is 9.88 Å². The zero-order chi connectivity index (χ0) is 18.8. The van der Waals surface area contributed by atoms with Crippen molar-refractivity contribution in [2.24, 2.45) is 0 Å². The molecule has 0 aliphatic carbocycles. The Morgan fingerprint density at radius 2 is 1.93 bits per heavy atom. The third-order valence-corrected chi connectivity index (χ3v) is 5.36.